The molecule has 3 nitrogen and oxygen atoms in total. The number of benzene rings is 1. The number of hydrogen-bond donors (Lipinski definition) is 0. The Kier molecular flexibility index (Phi) is 2.23. The predicted octanol–water partition coefficient (Wildman–Crippen LogP) is 2.18. The molecule has 4 heteroatoms. The van der Waals surface area contributed by atoms with Gasteiger partial charge >= 0.3 is 5.97 Å². The van der Waals surface area contributed by atoms with E-state index >= 15 is 0 Å². The second kappa shape index (κ2) is 3.31. The molecular weight excluding hydrogens is 199 g/mol. The lowest BCUT2D eigenvalue weighted by Crippen LogP contribution is -2.20. The molecule has 0 amide bonds. The number of carbonyl (C=O) groups is 1. The summed E-state index contributed by atoms with van der Waals surface area (Å²) in [5.74, 6) is -1.69. The number of cyclic esters (lactones) is 1. The normalized spacial score (nSPS) is 23.9. The van der Waals surface area contributed by atoms with E-state index in [2.05, 4.69) is 0 Å². The van der Waals surface area contributed by atoms with Crippen molar-refractivity contribution in [1.29, 1.82) is 0 Å². The molecule has 1 saturated heterocycles. The van der Waals surface area contributed by atoms with Gasteiger partial charge in [-0.1, -0.05) is 12.1 Å². The minimum absolute atomic E-state index is 0.343. The Labute approximate surface area is 86.8 Å². The van der Waals surface area contributed by atoms with Crippen LogP contribution in [0.2, 0.25) is 0 Å². The standard InChI is InChI=1S/C11H11FO3/c1-11(2)14-9(10(13)15-11)7-3-5-8(12)6-4-7/h3-6,9H,1-2H3. The quantitative estimate of drug-likeness (QED) is 0.666. The summed E-state index contributed by atoms with van der Waals surface area (Å²) >= 11 is 0. The average molecular weight is 210 g/mol. The molecule has 0 aliphatic carbocycles. The van der Waals surface area contributed by atoms with Crippen molar-refractivity contribution >= 4 is 5.97 Å². The van der Waals surface area contributed by atoms with Crippen LogP contribution in [0.3, 0.4) is 0 Å². The van der Waals surface area contributed by atoms with Crippen molar-refractivity contribution in [2.75, 3.05) is 0 Å². The van der Waals surface area contributed by atoms with E-state index in [0.29, 0.717) is 5.56 Å². The summed E-state index contributed by atoms with van der Waals surface area (Å²) in [6, 6.07) is 5.61. The number of halogens is 1. The van der Waals surface area contributed by atoms with E-state index in [0.717, 1.165) is 0 Å². The Morgan fingerprint density at radius 2 is 1.87 bits per heavy atom. The van der Waals surface area contributed by atoms with Crippen LogP contribution in [-0.2, 0) is 14.3 Å². The Morgan fingerprint density at radius 1 is 1.27 bits per heavy atom. The number of ether oxygens (including phenoxy) is 2. The van der Waals surface area contributed by atoms with E-state index in [4.69, 9.17) is 9.47 Å². The highest BCUT2D eigenvalue weighted by Gasteiger charge is 2.41. The first-order valence-electron chi connectivity index (χ1n) is 4.64. The van der Waals surface area contributed by atoms with Crippen LogP contribution < -0.4 is 0 Å². The fourth-order valence-electron chi connectivity index (χ4n) is 1.49. The third-order valence-electron chi connectivity index (χ3n) is 2.13. The molecule has 1 fully saturated rings. The van der Waals surface area contributed by atoms with Gasteiger partial charge < -0.3 is 9.47 Å². The zero-order valence-corrected chi connectivity index (χ0v) is 8.49. The highest BCUT2D eigenvalue weighted by atomic mass is 19.1. The van der Waals surface area contributed by atoms with E-state index < -0.39 is 17.9 Å². The minimum atomic E-state index is -0.907. The molecule has 1 aliphatic heterocycles. The van der Waals surface area contributed by atoms with Crippen LogP contribution in [-0.4, -0.2) is 11.8 Å². The number of esters is 1. The Morgan fingerprint density at radius 3 is 2.33 bits per heavy atom. The SMILES string of the molecule is CC1(C)OC(=O)C(c2ccc(F)cc2)O1. The highest BCUT2D eigenvalue weighted by Crippen LogP contribution is 2.33. The molecule has 2 rings (SSSR count). The van der Waals surface area contributed by atoms with Gasteiger partial charge in [0.2, 0.25) is 5.79 Å². The predicted molar refractivity (Wildman–Crippen MR) is 50.4 cm³/mol. The van der Waals surface area contributed by atoms with Crippen LogP contribution in [0.1, 0.15) is 25.5 Å². The van der Waals surface area contributed by atoms with E-state index in [1.54, 1.807) is 13.8 Å². The van der Waals surface area contributed by atoms with Crippen LogP contribution in [0, 0.1) is 5.82 Å². The Hall–Kier alpha value is -1.42. The van der Waals surface area contributed by atoms with E-state index in [-0.39, 0.29) is 5.82 Å². The van der Waals surface area contributed by atoms with Crippen LogP contribution >= 0.6 is 0 Å². The first-order valence-corrected chi connectivity index (χ1v) is 4.64. The number of rotatable bonds is 1. The number of carbonyl (C=O) groups excluding carboxylic acids is 1. The monoisotopic (exact) mass is 210 g/mol. The lowest BCUT2D eigenvalue weighted by molar-refractivity contribution is -0.160. The second-order valence-electron chi connectivity index (χ2n) is 3.87. The fraction of sp³-hybridized carbons (Fsp3) is 0.364. The van der Waals surface area contributed by atoms with Crippen molar-refractivity contribution in [3.05, 3.63) is 35.6 Å². The van der Waals surface area contributed by atoms with Gasteiger partial charge in [-0.25, -0.2) is 9.18 Å². The van der Waals surface area contributed by atoms with Gasteiger partial charge in [0.15, 0.2) is 6.10 Å². The van der Waals surface area contributed by atoms with Crippen LogP contribution in [0.4, 0.5) is 4.39 Å². The summed E-state index contributed by atoms with van der Waals surface area (Å²) in [6.07, 6.45) is -0.749. The first-order chi connectivity index (χ1) is 6.98. The zero-order chi connectivity index (χ0) is 11.1. The molecule has 1 aliphatic rings. The molecule has 1 heterocycles. The maximum absolute atomic E-state index is 12.7. The second-order valence-corrected chi connectivity index (χ2v) is 3.87. The Balaban J connectivity index is 2.25. The van der Waals surface area contributed by atoms with Gasteiger partial charge in [-0.2, -0.15) is 0 Å². The molecule has 1 unspecified atom stereocenters. The molecule has 0 radical (unpaired) electrons. The summed E-state index contributed by atoms with van der Waals surface area (Å²) < 4.78 is 23.0. The largest absolute Gasteiger partial charge is 0.431 e. The van der Waals surface area contributed by atoms with E-state index in [9.17, 15) is 9.18 Å². The van der Waals surface area contributed by atoms with Gasteiger partial charge in [0.25, 0.3) is 0 Å². The minimum Gasteiger partial charge on any atom is -0.431 e. The van der Waals surface area contributed by atoms with Crippen LogP contribution in [0.5, 0.6) is 0 Å². The van der Waals surface area contributed by atoms with Gasteiger partial charge in [0.1, 0.15) is 5.82 Å². The summed E-state index contributed by atoms with van der Waals surface area (Å²) in [5, 5.41) is 0. The van der Waals surface area contributed by atoms with E-state index in [1.165, 1.54) is 24.3 Å². The van der Waals surface area contributed by atoms with E-state index in [1.807, 2.05) is 0 Å². The van der Waals surface area contributed by atoms with Gasteiger partial charge in [-0.05, 0) is 17.7 Å². The highest BCUT2D eigenvalue weighted by molar-refractivity contribution is 5.78. The van der Waals surface area contributed by atoms with Crippen molar-refractivity contribution in [2.24, 2.45) is 0 Å². The molecule has 0 N–H and O–H groups in total. The topological polar surface area (TPSA) is 35.5 Å². The summed E-state index contributed by atoms with van der Waals surface area (Å²) in [7, 11) is 0. The lowest BCUT2D eigenvalue weighted by Gasteiger charge is -2.15. The molecule has 1 atom stereocenters. The van der Waals surface area contributed by atoms with Gasteiger partial charge in [0.05, 0.1) is 0 Å². The van der Waals surface area contributed by atoms with Crippen molar-refractivity contribution in [3.8, 4) is 0 Å². The zero-order valence-electron chi connectivity index (χ0n) is 8.49. The Bertz CT molecular complexity index is 383. The van der Waals surface area contributed by atoms with Crippen molar-refractivity contribution in [3.63, 3.8) is 0 Å². The van der Waals surface area contributed by atoms with Crippen molar-refractivity contribution in [2.45, 2.75) is 25.7 Å². The molecule has 15 heavy (non-hydrogen) atoms. The third kappa shape index (κ3) is 1.99. The molecule has 0 spiro atoms. The van der Waals surface area contributed by atoms with Gasteiger partial charge in [-0.3, -0.25) is 0 Å². The van der Waals surface area contributed by atoms with Crippen LogP contribution in [0.25, 0.3) is 0 Å². The molecular formula is C11H11FO3. The van der Waals surface area contributed by atoms with Crippen LogP contribution in [0.15, 0.2) is 24.3 Å². The first kappa shape index (κ1) is 10.1. The molecule has 80 valence electrons. The fourth-order valence-corrected chi connectivity index (χ4v) is 1.49. The van der Waals surface area contributed by atoms with Gasteiger partial charge in [0, 0.05) is 13.8 Å². The summed E-state index contributed by atoms with van der Waals surface area (Å²) in [4.78, 5) is 11.4. The number of hydrogen-bond acceptors (Lipinski definition) is 3. The lowest BCUT2D eigenvalue weighted by atomic mass is 10.1. The molecule has 1 aromatic rings. The molecule has 1 aromatic carbocycles. The maximum atomic E-state index is 12.7. The molecule has 0 aromatic heterocycles. The van der Waals surface area contributed by atoms with Crippen molar-refractivity contribution < 1.29 is 18.7 Å². The average Bonchev–Trinajstić information content (AvgIpc) is 2.41. The summed E-state index contributed by atoms with van der Waals surface area (Å²) in [5.41, 5.74) is 0.604. The third-order valence-corrected chi connectivity index (χ3v) is 2.13. The summed E-state index contributed by atoms with van der Waals surface area (Å²) in [6.45, 7) is 3.32. The molecule has 0 saturated carbocycles. The maximum Gasteiger partial charge on any atom is 0.342 e. The van der Waals surface area contributed by atoms with Crippen molar-refractivity contribution in [1.82, 2.24) is 0 Å². The molecule has 0 bridgehead atoms. The van der Waals surface area contributed by atoms with Gasteiger partial charge in [-0.15, -0.1) is 0 Å². The smallest absolute Gasteiger partial charge is 0.342 e.